The molecule has 0 aliphatic heterocycles. The lowest BCUT2D eigenvalue weighted by Gasteiger charge is -2.17. The lowest BCUT2D eigenvalue weighted by Crippen LogP contribution is -2.41. The SMILES string of the molecule is CC(=O)C(CCc1ccccc1)C(N)C(=O)O. The largest absolute Gasteiger partial charge is 0.480 e. The number of aliphatic carboxylic acids is 1. The van der Waals surface area contributed by atoms with Crippen molar-refractivity contribution in [2.45, 2.75) is 25.8 Å². The van der Waals surface area contributed by atoms with Crippen molar-refractivity contribution in [3.05, 3.63) is 35.9 Å². The molecule has 0 bridgehead atoms. The van der Waals surface area contributed by atoms with Crippen molar-refractivity contribution in [1.82, 2.24) is 0 Å². The van der Waals surface area contributed by atoms with Crippen LogP contribution in [-0.4, -0.2) is 22.9 Å². The number of carbonyl (C=O) groups is 2. The van der Waals surface area contributed by atoms with E-state index in [0.29, 0.717) is 12.8 Å². The highest BCUT2D eigenvalue weighted by molar-refractivity contribution is 5.86. The fourth-order valence-electron chi connectivity index (χ4n) is 1.77. The minimum Gasteiger partial charge on any atom is -0.480 e. The van der Waals surface area contributed by atoms with E-state index in [-0.39, 0.29) is 5.78 Å². The van der Waals surface area contributed by atoms with Crippen LogP contribution in [0.2, 0.25) is 0 Å². The van der Waals surface area contributed by atoms with Crippen molar-refractivity contribution in [1.29, 1.82) is 0 Å². The van der Waals surface area contributed by atoms with Crippen molar-refractivity contribution in [2.24, 2.45) is 11.7 Å². The summed E-state index contributed by atoms with van der Waals surface area (Å²) in [7, 11) is 0. The molecular formula is C13H17NO3. The molecule has 0 radical (unpaired) electrons. The van der Waals surface area contributed by atoms with Gasteiger partial charge in [-0.15, -0.1) is 0 Å². The number of carbonyl (C=O) groups excluding carboxylic acids is 1. The van der Waals surface area contributed by atoms with E-state index in [1.54, 1.807) is 0 Å². The van der Waals surface area contributed by atoms with Crippen LogP contribution in [0.25, 0.3) is 0 Å². The van der Waals surface area contributed by atoms with Gasteiger partial charge in [0.15, 0.2) is 0 Å². The van der Waals surface area contributed by atoms with E-state index in [4.69, 9.17) is 10.8 Å². The molecule has 0 aliphatic carbocycles. The van der Waals surface area contributed by atoms with Crippen molar-refractivity contribution >= 4 is 11.8 Å². The minimum atomic E-state index is -1.13. The zero-order valence-corrected chi connectivity index (χ0v) is 9.80. The van der Waals surface area contributed by atoms with Crippen molar-refractivity contribution in [3.8, 4) is 0 Å². The van der Waals surface area contributed by atoms with Crippen LogP contribution in [-0.2, 0) is 16.0 Å². The maximum atomic E-state index is 11.4. The summed E-state index contributed by atoms with van der Waals surface area (Å²) < 4.78 is 0. The van der Waals surface area contributed by atoms with Gasteiger partial charge in [-0.05, 0) is 25.3 Å². The zero-order chi connectivity index (χ0) is 12.8. The first-order valence-electron chi connectivity index (χ1n) is 5.55. The summed E-state index contributed by atoms with van der Waals surface area (Å²) in [5.74, 6) is -1.92. The van der Waals surface area contributed by atoms with Crippen LogP contribution in [0.4, 0.5) is 0 Å². The molecule has 0 amide bonds. The molecule has 1 rings (SSSR count). The first kappa shape index (κ1) is 13.4. The molecule has 0 aromatic heterocycles. The van der Waals surface area contributed by atoms with Crippen LogP contribution in [0.15, 0.2) is 30.3 Å². The number of Topliss-reactive ketones (excluding diaryl/α,β-unsaturated/α-hetero) is 1. The normalized spacial score (nSPS) is 14.0. The molecule has 1 aromatic carbocycles. The Hall–Kier alpha value is -1.68. The molecule has 0 saturated carbocycles. The highest BCUT2D eigenvalue weighted by Gasteiger charge is 2.27. The molecule has 1 aromatic rings. The van der Waals surface area contributed by atoms with Crippen molar-refractivity contribution in [2.75, 3.05) is 0 Å². The van der Waals surface area contributed by atoms with Crippen LogP contribution in [0.5, 0.6) is 0 Å². The van der Waals surface area contributed by atoms with Crippen molar-refractivity contribution < 1.29 is 14.7 Å². The Balaban J connectivity index is 2.63. The molecule has 0 heterocycles. The summed E-state index contributed by atoms with van der Waals surface area (Å²) in [5, 5.41) is 8.82. The fraction of sp³-hybridized carbons (Fsp3) is 0.385. The van der Waals surface area contributed by atoms with Gasteiger partial charge in [-0.1, -0.05) is 30.3 Å². The van der Waals surface area contributed by atoms with Gasteiger partial charge in [-0.2, -0.15) is 0 Å². The highest BCUT2D eigenvalue weighted by Crippen LogP contribution is 2.14. The Kier molecular flexibility index (Phi) is 4.84. The van der Waals surface area contributed by atoms with Crippen LogP contribution >= 0.6 is 0 Å². The maximum absolute atomic E-state index is 11.4. The third-order valence-electron chi connectivity index (χ3n) is 2.83. The van der Waals surface area contributed by atoms with Crippen LogP contribution in [0.1, 0.15) is 18.9 Å². The predicted octanol–water partition coefficient (Wildman–Crippen LogP) is 1.24. The van der Waals surface area contributed by atoms with E-state index in [1.807, 2.05) is 30.3 Å². The lowest BCUT2D eigenvalue weighted by molar-refractivity contribution is -0.142. The molecule has 2 atom stereocenters. The molecule has 0 fully saturated rings. The van der Waals surface area contributed by atoms with E-state index in [2.05, 4.69) is 0 Å². The van der Waals surface area contributed by atoms with E-state index in [9.17, 15) is 9.59 Å². The van der Waals surface area contributed by atoms with E-state index < -0.39 is 17.9 Å². The van der Waals surface area contributed by atoms with Gasteiger partial charge in [0.05, 0.1) is 0 Å². The fourth-order valence-corrected chi connectivity index (χ4v) is 1.77. The first-order valence-corrected chi connectivity index (χ1v) is 5.55. The first-order chi connectivity index (χ1) is 8.02. The predicted molar refractivity (Wildman–Crippen MR) is 64.5 cm³/mol. The summed E-state index contributed by atoms with van der Waals surface area (Å²) in [5.41, 5.74) is 6.59. The summed E-state index contributed by atoms with van der Waals surface area (Å²) >= 11 is 0. The van der Waals surface area contributed by atoms with Gasteiger partial charge in [0.2, 0.25) is 0 Å². The van der Waals surface area contributed by atoms with Gasteiger partial charge in [-0.3, -0.25) is 9.59 Å². The molecule has 0 saturated heterocycles. The average Bonchev–Trinajstić information content (AvgIpc) is 2.29. The molecule has 17 heavy (non-hydrogen) atoms. The highest BCUT2D eigenvalue weighted by atomic mass is 16.4. The molecule has 2 unspecified atom stereocenters. The van der Waals surface area contributed by atoms with E-state index in [1.165, 1.54) is 6.92 Å². The molecule has 0 spiro atoms. The van der Waals surface area contributed by atoms with Crippen LogP contribution in [0.3, 0.4) is 0 Å². The number of rotatable bonds is 6. The summed E-state index contributed by atoms with van der Waals surface area (Å²) in [6.45, 7) is 1.39. The standard InChI is InChI=1S/C13H17NO3/c1-9(15)11(12(14)13(16)17)8-7-10-5-3-2-4-6-10/h2-6,11-12H,7-8,14H2,1H3,(H,16,17). The van der Waals surface area contributed by atoms with Crippen molar-refractivity contribution in [3.63, 3.8) is 0 Å². The summed E-state index contributed by atoms with van der Waals surface area (Å²) in [4.78, 5) is 22.1. The number of carboxylic acids is 1. The number of hydrogen-bond acceptors (Lipinski definition) is 3. The molecular weight excluding hydrogens is 218 g/mol. The van der Waals surface area contributed by atoms with Gasteiger partial charge in [0.25, 0.3) is 0 Å². The van der Waals surface area contributed by atoms with Gasteiger partial charge in [0.1, 0.15) is 11.8 Å². The second-order valence-corrected chi connectivity index (χ2v) is 4.11. The lowest BCUT2D eigenvalue weighted by atomic mass is 9.90. The Labute approximate surface area is 100 Å². The molecule has 3 N–H and O–H groups in total. The average molecular weight is 235 g/mol. The van der Waals surface area contributed by atoms with E-state index in [0.717, 1.165) is 5.56 Å². The number of nitrogens with two attached hydrogens (primary N) is 1. The smallest absolute Gasteiger partial charge is 0.321 e. The quantitative estimate of drug-likeness (QED) is 0.777. The number of carboxylic acid groups (broad SMARTS) is 1. The van der Waals surface area contributed by atoms with Gasteiger partial charge in [0, 0.05) is 5.92 Å². The third kappa shape index (κ3) is 4.00. The number of ketones is 1. The van der Waals surface area contributed by atoms with Crippen LogP contribution < -0.4 is 5.73 Å². The monoisotopic (exact) mass is 235 g/mol. The zero-order valence-electron chi connectivity index (χ0n) is 9.80. The Bertz CT molecular complexity index is 389. The Morgan fingerprint density at radius 2 is 1.88 bits per heavy atom. The summed E-state index contributed by atoms with van der Waals surface area (Å²) in [6, 6.07) is 8.52. The van der Waals surface area contributed by atoms with Gasteiger partial charge in [-0.25, -0.2) is 0 Å². The second-order valence-electron chi connectivity index (χ2n) is 4.11. The van der Waals surface area contributed by atoms with Crippen LogP contribution in [0, 0.1) is 5.92 Å². The summed E-state index contributed by atoms with van der Waals surface area (Å²) in [6.07, 6.45) is 1.12. The number of benzene rings is 1. The second kappa shape index (κ2) is 6.15. The minimum absolute atomic E-state index is 0.171. The molecule has 0 aliphatic rings. The van der Waals surface area contributed by atoms with E-state index >= 15 is 0 Å². The third-order valence-corrected chi connectivity index (χ3v) is 2.83. The van der Waals surface area contributed by atoms with Gasteiger partial charge < -0.3 is 10.8 Å². The maximum Gasteiger partial charge on any atom is 0.321 e. The molecule has 4 heteroatoms. The van der Waals surface area contributed by atoms with Gasteiger partial charge >= 0.3 is 5.97 Å². The Morgan fingerprint density at radius 3 is 2.35 bits per heavy atom. The molecule has 4 nitrogen and oxygen atoms in total. The molecule has 92 valence electrons. The topological polar surface area (TPSA) is 80.4 Å². The Morgan fingerprint density at radius 1 is 1.29 bits per heavy atom. The number of aryl methyl sites for hydroxylation is 1. The number of hydrogen-bond donors (Lipinski definition) is 2.